The van der Waals surface area contributed by atoms with Gasteiger partial charge in [-0.2, -0.15) is 0 Å². The molecule has 0 N–H and O–H groups in total. The molecule has 4 rings (SSSR count). The predicted octanol–water partition coefficient (Wildman–Crippen LogP) is 6.10. The van der Waals surface area contributed by atoms with Gasteiger partial charge in [-0.25, -0.2) is 0 Å². The molecule has 0 spiro atoms. The molecule has 0 radical (unpaired) electrons. The van der Waals surface area contributed by atoms with Crippen molar-refractivity contribution in [2.24, 2.45) is 0 Å². The van der Waals surface area contributed by atoms with Crippen LogP contribution in [0.3, 0.4) is 0 Å². The maximum Gasteiger partial charge on any atom is 0.131 e. The number of fused-ring (bicyclic) bond motifs is 1. The van der Waals surface area contributed by atoms with Crippen molar-refractivity contribution in [1.29, 1.82) is 0 Å². The monoisotopic (exact) mass is 348 g/mol. The van der Waals surface area contributed by atoms with Crippen LogP contribution in [0.2, 0.25) is 5.02 Å². The highest BCUT2D eigenvalue weighted by Gasteiger charge is 2.12. The Morgan fingerprint density at radius 3 is 2.12 bits per heavy atom. The zero-order chi connectivity index (χ0) is 16.4. The summed E-state index contributed by atoms with van der Waals surface area (Å²) in [5.74, 6) is 0. The second kappa shape index (κ2) is 6.63. The average Bonchev–Trinajstić information content (AvgIpc) is 2.64. The summed E-state index contributed by atoms with van der Waals surface area (Å²) in [5.41, 5.74) is 1.96. The standard InChI is InChI=1S/C20H13ClN2S/c21-17-12-6-7-13-18(17)24-20-16-11-5-4-10-15(16)19(22-23-20)14-8-2-1-3-9-14/h1-13H. The van der Waals surface area contributed by atoms with Crippen LogP contribution in [0, 0.1) is 0 Å². The molecule has 0 saturated heterocycles. The highest BCUT2D eigenvalue weighted by molar-refractivity contribution is 7.99. The molecule has 24 heavy (non-hydrogen) atoms. The Hall–Kier alpha value is -2.36. The normalized spacial score (nSPS) is 10.9. The quantitative estimate of drug-likeness (QED) is 0.447. The van der Waals surface area contributed by atoms with Crippen molar-refractivity contribution in [3.8, 4) is 11.3 Å². The molecule has 0 aliphatic carbocycles. The largest absolute Gasteiger partial charge is 0.149 e. The lowest BCUT2D eigenvalue weighted by Crippen LogP contribution is -1.93. The van der Waals surface area contributed by atoms with Gasteiger partial charge in [0.1, 0.15) is 10.7 Å². The molecule has 0 aliphatic heterocycles. The first-order valence-corrected chi connectivity index (χ1v) is 8.75. The molecule has 4 aromatic rings. The minimum Gasteiger partial charge on any atom is -0.149 e. The molecule has 1 aromatic heterocycles. The third-order valence-electron chi connectivity index (χ3n) is 3.74. The van der Waals surface area contributed by atoms with Gasteiger partial charge in [-0.05, 0) is 12.1 Å². The number of hydrogen-bond acceptors (Lipinski definition) is 3. The molecule has 1 heterocycles. The second-order valence-electron chi connectivity index (χ2n) is 5.30. The Morgan fingerprint density at radius 2 is 1.33 bits per heavy atom. The Labute approximate surface area is 149 Å². The van der Waals surface area contributed by atoms with Crippen LogP contribution in [0.25, 0.3) is 22.0 Å². The highest BCUT2D eigenvalue weighted by Crippen LogP contribution is 2.37. The third kappa shape index (κ3) is 2.88. The molecule has 116 valence electrons. The number of halogens is 1. The van der Waals surface area contributed by atoms with E-state index in [1.807, 2.05) is 54.6 Å². The Kier molecular flexibility index (Phi) is 4.20. The van der Waals surface area contributed by atoms with E-state index >= 15 is 0 Å². The summed E-state index contributed by atoms with van der Waals surface area (Å²) in [6, 6.07) is 26.1. The summed E-state index contributed by atoms with van der Waals surface area (Å²) in [4.78, 5) is 0.978. The van der Waals surface area contributed by atoms with E-state index in [4.69, 9.17) is 11.6 Å². The van der Waals surface area contributed by atoms with Crippen molar-refractivity contribution in [3.05, 3.63) is 83.9 Å². The molecule has 0 saturated carbocycles. The van der Waals surface area contributed by atoms with Gasteiger partial charge >= 0.3 is 0 Å². The molecule has 0 atom stereocenters. The van der Waals surface area contributed by atoms with E-state index in [0.717, 1.165) is 37.0 Å². The van der Waals surface area contributed by atoms with E-state index in [0.29, 0.717) is 0 Å². The van der Waals surface area contributed by atoms with Crippen LogP contribution in [0.1, 0.15) is 0 Å². The summed E-state index contributed by atoms with van der Waals surface area (Å²) >= 11 is 7.83. The smallest absolute Gasteiger partial charge is 0.131 e. The average molecular weight is 349 g/mol. The van der Waals surface area contributed by atoms with Gasteiger partial charge in [0.2, 0.25) is 0 Å². The number of aromatic nitrogens is 2. The minimum atomic E-state index is 0.723. The van der Waals surface area contributed by atoms with E-state index in [1.165, 1.54) is 0 Å². The van der Waals surface area contributed by atoms with Crippen LogP contribution in [0.15, 0.2) is 88.8 Å². The maximum atomic E-state index is 6.28. The van der Waals surface area contributed by atoms with Crippen molar-refractivity contribution >= 4 is 34.1 Å². The van der Waals surface area contributed by atoms with Crippen molar-refractivity contribution in [2.45, 2.75) is 9.92 Å². The van der Waals surface area contributed by atoms with Crippen LogP contribution in [-0.2, 0) is 0 Å². The molecule has 0 bridgehead atoms. The Morgan fingerprint density at radius 1 is 0.667 bits per heavy atom. The lowest BCUT2D eigenvalue weighted by molar-refractivity contribution is 0.961. The summed E-state index contributed by atoms with van der Waals surface area (Å²) in [5, 5.41) is 12.7. The highest BCUT2D eigenvalue weighted by atomic mass is 35.5. The van der Waals surface area contributed by atoms with Crippen molar-refractivity contribution in [3.63, 3.8) is 0 Å². The first-order valence-electron chi connectivity index (χ1n) is 7.56. The molecule has 2 nitrogen and oxygen atoms in total. The van der Waals surface area contributed by atoms with E-state index < -0.39 is 0 Å². The fraction of sp³-hybridized carbons (Fsp3) is 0. The van der Waals surface area contributed by atoms with Crippen molar-refractivity contribution < 1.29 is 0 Å². The number of rotatable bonds is 3. The summed E-state index contributed by atoms with van der Waals surface area (Å²) < 4.78 is 0. The molecular weight excluding hydrogens is 336 g/mol. The SMILES string of the molecule is Clc1ccccc1Sc1nnc(-c2ccccc2)c2ccccc12. The first kappa shape index (κ1) is 15.2. The molecule has 0 fully saturated rings. The van der Waals surface area contributed by atoms with Crippen LogP contribution >= 0.6 is 23.4 Å². The Bertz CT molecular complexity index is 1000. The van der Waals surface area contributed by atoms with Gasteiger partial charge in [0.25, 0.3) is 0 Å². The van der Waals surface area contributed by atoms with E-state index in [-0.39, 0.29) is 0 Å². The number of nitrogens with zero attached hydrogens (tertiary/aromatic N) is 2. The van der Waals surface area contributed by atoms with Gasteiger partial charge in [0, 0.05) is 21.2 Å². The predicted molar refractivity (Wildman–Crippen MR) is 101 cm³/mol. The molecule has 3 aromatic carbocycles. The minimum absolute atomic E-state index is 0.723. The van der Waals surface area contributed by atoms with Crippen LogP contribution in [0.5, 0.6) is 0 Å². The van der Waals surface area contributed by atoms with Gasteiger partial charge < -0.3 is 0 Å². The summed E-state index contributed by atoms with van der Waals surface area (Å²) in [6.07, 6.45) is 0. The fourth-order valence-electron chi connectivity index (χ4n) is 2.60. The lowest BCUT2D eigenvalue weighted by atomic mass is 10.1. The first-order chi connectivity index (χ1) is 11.8. The zero-order valence-electron chi connectivity index (χ0n) is 12.7. The van der Waals surface area contributed by atoms with Gasteiger partial charge in [-0.15, -0.1) is 10.2 Å². The molecule has 0 unspecified atom stereocenters. The molecule has 0 aliphatic rings. The van der Waals surface area contributed by atoms with E-state index in [9.17, 15) is 0 Å². The maximum absolute atomic E-state index is 6.28. The van der Waals surface area contributed by atoms with E-state index in [2.05, 4.69) is 34.5 Å². The van der Waals surface area contributed by atoms with Crippen molar-refractivity contribution in [1.82, 2.24) is 10.2 Å². The van der Waals surface area contributed by atoms with Gasteiger partial charge in [-0.3, -0.25) is 0 Å². The van der Waals surface area contributed by atoms with Crippen molar-refractivity contribution in [2.75, 3.05) is 0 Å². The topological polar surface area (TPSA) is 25.8 Å². The van der Waals surface area contributed by atoms with E-state index in [1.54, 1.807) is 11.8 Å². The van der Waals surface area contributed by atoms with Crippen LogP contribution in [-0.4, -0.2) is 10.2 Å². The molecule has 4 heteroatoms. The number of benzene rings is 3. The summed E-state index contributed by atoms with van der Waals surface area (Å²) in [6.45, 7) is 0. The summed E-state index contributed by atoms with van der Waals surface area (Å²) in [7, 11) is 0. The molecular formula is C20H13ClN2S. The lowest BCUT2D eigenvalue weighted by Gasteiger charge is -2.09. The fourth-order valence-corrected chi connectivity index (χ4v) is 3.74. The zero-order valence-corrected chi connectivity index (χ0v) is 14.3. The van der Waals surface area contributed by atoms with Gasteiger partial charge in [0.05, 0.1) is 5.02 Å². The number of hydrogen-bond donors (Lipinski definition) is 0. The van der Waals surface area contributed by atoms with Gasteiger partial charge in [-0.1, -0.05) is 90.1 Å². The van der Waals surface area contributed by atoms with Gasteiger partial charge in [0.15, 0.2) is 0 Å². The second-order valence-corrected chi connectivity index (χ2v) is 6.74. The molecule has 0 amide bonds. The Balaban J connectivity index is 1.86. The third-order valence-corrected chi connectivity index (χ3v) is 5.26. The van der Waals surface area contributed by atoms with Crippen LogP contribution < -0.4 is 0 Å². The van der Waals surface area contributed by atoms with Crippen LogP contribution in [0.4, 0.5) is 0 Å².